The zero-order valence-electron chi connectivity index (χ0n) is 12.3. The molecule has 2 unspecified atom stereocenters. The van der Waals surface area contributed by atoms with Crippen molar-refractivity contribution in [3.8, 4) is 0 Å². The third-order valence-electron chi connectivity index (χ3n) is 4.05. The minimum absolute atomic E-state index is 0.337. The Morgan fingerprint density at radius 1 is 1.65 bits per heavy atom. The van der Waals surface area contributed by atoms with Gasteiger partial charge in [-0.1, -0.05) is 6.92 Å². The fourth-order valence-corrected chi connectivity index (χ4v) is 2.89. The SMILES string of the molecule is CCNC(C)C1CCCN(c2ccnc(C(N)=O)c2)C1. The first-order valence-corrected chi connectivity index (χ1v) is 7.36. The summed E-state index contributed by atoms with van der Waals surface area (Å²) in [6, 6.07) is 4.26. The van der Waals surface area contributed by atoms with Crippen LogP contribution in [-0.4, -0.2) is 36.6 Å². The van der Waals surface area contributed by atoms with Crippen molar-refractivity contribution in [3.05, 3.63) is 24.0 Å². The van der Waals surface area contributed by atoms with Gasteiger partial charge in [0.05, 0.1) is 0 Å². The van der Waals surface area contributed by atoms with Crippen LogP contribution in [-0.2, 0) is 0 Å². The van der Waals surface area contributed by atoms with Crippen molar-refractivity contribution in [1.29, 1.82) is 0 Å². The smallest absolute Gasteiger partial charge is 0.267 e. The van der Waals surface area contributed by atoms with Gasteiger partial charge in [0.15, 0.2) is 0 Å². The monoisotopic (exact) mass is 276 g/mol. The van der Waals surface area contributed by atoms with Gasteiger partial charge in [-0.05, 0) is 44.4 Å². The summed E-state index contributed by atoms with van der Waals surface area (Å²) in [5.74, 6) is 0.162. The lowest BCUT2D eigenvalue weighted by molar-refractivity contribution is 0.0995. The number of hydrogen-bond donors (Lipinski definition) is 2. The third-order valence-corrected chi connectivity index (χ3v) is 4.05. The van der Waals surface area contributed by atoms with Gasteiger partial charge in [0.25, 0.3) is 5.91 Å². The summed E-state index contributed by atoms with van der Waals surface area (Å²) in [7, 11) is 0. The summed E-state index contributed by atoms with van der Waals surface area (Å²) < 4.78 is 0. The van der Waals surface area contributed by atoms with Gasteiger partial charge in [-0.15, -0.1) is 0 Å². The molecular formula is C15H24N4O. The molecule has 0 radical (unpaired) electrons. The maximum absolute atomic E-state index is 11.2. The standard InChI is InChI=1S/C15H24N4O/c1-3-17-11(2)12-5-4-8-19(10-12)13-6-7-18-14(9-13)15(16)20/h6-7,9,11-12,17H,3-5,8,10H2,1-2H3,(H2,16,20). The number of anilines is 1. The molecular weight excluding hydrogens is 252 g/mol. The molecule has 1 fully saturated rings. The molecule has 2 heterocycles. The molecule has 3 N–H and O–H groups in total. The zero-order chi connectivity index (χ0) is 14.5. The highest BCUT2D eigenvalue weighted by atomic mass is 16.1. The van der Waals surface area contributed by atoms with E-state index in [4.69, 9.17) is 5.73 Å². The van der Waals surface area contributed by atoms with Crippen LogP contribution in [0.5, 0.6) is 0 Å². The summed E-state index contributed by atoms with van der Waals surface area (Å²) in [5.41, 5.74) is 6.68. The molecule has 0 spiro atoms. The second-order valence-corrected chi connectivity index (χ2v) is 5.46. The minimum atomic E-state index is -0.471. The van der Waals surface area contributed by atoms with Crippen molar-refractivity contribution in [1.82, 2.24) is 10.3 Å². The average molecular weight is 276 g/mol. The van der Waals surface area contributed by atoms with Crippen LogP contribution >= 0.6 is 0 Å². The van der Waals surface area contributed by atoms with E-state index in [-0.39, 0.29) is 0 Å². The van der Waals surface area contributed by atoms with Crippen molar-refractivity contribution in [2.45, 2.75) is 32.7 Å². The maximum Gasteiger partial charge on any atom is 0.267 e. The van der Waals surface area contributed by atoms with Gasteiger partial charge < -0.3 is 16.0 Å². The summed E-state index contributed by atoms with van der Waals surface area (Å²) in [6.45, 7) is 7.42. The van der Waals surface area contributed by atoms with E-state index in [0.29, 0.717) is 17.7 Å². The number of hydrogen-bond acceptors (Lipinski definition) is 4. The molecule has 1 aromatic heterocycles. The normalized spacial score (nSPS) is 20.7. The number of rotatable bonds is 5. The molecule has 110 valence electrons. The molecule has 2 atom stereocenters. The molecule has 0 bridgehead atoms. The average Bonchev–Trinajstić information content (AvgIpc) is 2.48. The number of piperidine rings is 1. The van der Waals surface area contributed by atoms with Gasteiger partial charge in [0.1, 0.15) is 5.69 Å². The lowest BCUT2D eigenvalue weighted by atomic mass is 9.91. The van der Waals surface area contributed by atoms with Crippen molar-refractivity contribution in [3.63, 3.8) is 0 Å². The number of carbonyl (C=O) groups excluding carboxylic acids is 1. The molecule has 0 aliphatic carbocycles. The van der Waals surface area contributed by atoms with E-state index in [0.717, 1.165) is 25.3 Å². The topological polar surface area (TPSA) is 71.2 Å². The Morgan fingerprint density at radius 3 is 3.15 bits per heavy atom. The first kappa shape index (κ1) is 14.8. The first-order valence-electron chi connectivity index (χ1n) is 7.36. The Labute approximate surface area is 120 Å². The van der Waals surface area contributed by atoms with E-state index in [2.05, 4.69) is 29.0 Å². The molecule has 5 nitrogen and oxygen atoms in total. The summed E-state index contributed by atoms with van der Waals surface area (Å²) in [4.78, 5) is 17.6. The van der Waals surface area contributed by atoms with Crippen LogP contribution in [0.1, 0.15) is 37.2 Å². The van der Waals surface area contributed by atoms with E-state index in [1.165, 1.54) is 12.8 Å². The lowest BCUT2D eigenvalue weighted by Crippen LogP contribution is -2.44. The van der Waals surface area contributed by atoms with Crippen molar-refractivity contribution in [2.24, 2.45) is 11.7 Å². The number of amides is 1. The Bertz CT molecular complexity index is 463. The largest absolute Gasteiger partial charge is 0.371 e. The van der Waals surface area contributed by atoms with Gasteiger partial charge in [0.2, 0.25) is 0 Å². The van der Waals surface area contributed by atoms with Gasteiger partial charge in [0, 0.05) is 31.0 Å². The van der Waals surface area contributed by atoms with Gasteiger partial charge in [-0.3, -0.25) is 9.78 Å². The molecule has 1 saturated heterocycles. The predicted octanol–water partition coefficient (Wildman–Crippen LogP) is 1.39. The summed E-state index contributed by atoms with van der Waals surface area (Å²) >= 11 is 0. The highest BCUT2D eigenvalue weighted by Crippen LogP contribution is 2.25. The summed E-state index contributed by atoms with van der Waals surface area (Å²) in [5, 5.41) is 3.50. The molecule has 5 heteroatoms. The van der Waals surface area contributed by atoms with E-state index in [1.54, 1.807) is 12.3 Å². The van der Waals surface area contributed by atoms with Crippen LogP contribution in [0.15, 0.2) is 18.3 Å². The highest BCUT2D eigenvalue weighted by Gasteiger charge is 2.24. The molecule has 0 saturated carbocycles. The van der Waals surface area contributed by atoms with Crippen LogP contribution < -0.4 is 16.0 Å². The molecule has 1 aliphatic heterocycles. The second kappa shape index (κ2) is 6.70. The van der Waals surface area contributed by atoms with Gasteiger partial charge in [-0.2, -0.15) is 0 Å². The fraction of sp³-hybridized carbons (Fsp3) is 0.600. The van der Waals surface area contributed by atoms with E-state index >= 15 is 0 Å². The number of aromatic nitrogens is 1. The van der Waals surface area contributed by atoms with E-state index in [1.807, 2.05) is 6.07 Å². The van der Waals surface area contributed by atoms with Crippen LogP contribution in [0.3, 0.4) is 0 Å². The number of nitrogens with zero attached hydrogens (tertiary/aromatic N) is 2. The number of nitrogens with one attached hydrogen (secondary N) is 1. The fourth-order valence-electron chi connectivity index (χ4n) is 2.89. The van der Waals surface area contributed by atoms with Crippen molar-refractivity contribution < 1.29 is 4.79 Å². The molecule has 0 aromatic carbocycles. The predicted molar refractivity (Wildman–Crippen MR) is 80.8 cm³/mol. The highest BCUT2D eigenvalue weighted by molar-refractivity contribution is 5.91. The van der Waals surface area contributed by atoms with Crippen molar-refractivity contribution in [2.75, 3.05) is 24.5 Å². The van der Waals surface area contributed by atoms with Crippen LogP contribution in [0.2, 0.25) is 0 Å². The first-order chi connectivity index (χ1) is 9.61. The Morgan fingerprint density at radius 2 is 2.45 bits per heavy atom. The Balaban J connectivity index is 2.08. The number of carbonyl (C=O) groups is 1. The molecule has 1 aliphatic rings. The summed E-state index contributed by atoms with van der Waals surface area (Å²) in [6.07, 6.45) is 4.08. The van der Waals surface area contributed by atoms with Crippen molar-refractivity contribution >= 4 is 11.6 Å². The van der Waals surface area contributed by atoms with Crippen LogP contribution in [0, 0.1) is 5.92 Å². The minimum Gasteiger partial charge on any atom is -0.371 e. The third kappa shape index (κ3) is 3.48. The number of pyridine rings is 1. The Hall–Kier alpha value is -1.62. The second-order valence-electron chi connectivity index (χ2n) is 5.46. The van der Waals surface area contributed by atoms with Gasteiger partial charge >= 0.3 is 0 Å². The quantitative estimate of drug-likeness (QED) is 0.852. The van der Waals surface area contributed by atoms with E-state index < -0.39 is 5.91 Å². The van der Waals surface area contributed by atoms with Crippen LogP contribution in [0.25, 0.3) is 0 Å². The zero-order valence-corrected chi connectivity index (χ0v) is 12.3. The maximum atomic E-state index is 11.2. The molecule has 1 amide bonds. The lowest BCUT2D eigenvalue weighted by Gasteiger charge is -2.37. The number of primary amides is 1. The van der Waals surface area contributed by atoms with Gasteiger partial charge in [-0.25, -0.2) is 0 Å². The number of nitrogens with two attached hydrogens (primary N) is 1. The Kier molecular flexibility index (Phi) is 4.95. The molecule has 1 aromatic rings. The molecule has 2 rings (SSSR count). The van der Waals surface area contributed by atoms with Crippen LogP contribution in [0.4, 0.5) is 5.69 Å². The molecule has 20 heavy (non-hydrogen) atoms. The van der Waals surface area contributed by atoms with E-state index in [9.17, 15) is 4.79 Å².